The SMILES string of the molecule is CSCCC(N)C(=O)NC(CC(=O)O)C(=O)NC(Cc1ccccc1)C(=O)O. The molecule has 2 amide bonds. The van der Waals surface area contributed by atoms with Gasteiger partial charge in [0.15, 0.2) is 0 Å². The van der Waals surface area contributed by atoms with Crippen LogP contribution in [-0.4, -0.2) is 64.1 Å². The summed E-state index contributed by atoms with van der Waals surface area (Å²) in [5.74, 6) is -3.51. The zero-order valence-corrected chi connectivity index (χ0v) is 16.3. The Labute approximate surface area is 167 Å². The minimum Gasteiger partial charge on any atom is -0.481 e. The lowest BCUT2D eigenvalue weighted by atomic mass is 10.0. The van der Waals surface area contributed by atoms with Gasteiger partial charge in [0.25, 0.3) is 0 Å². The predicted octanol–water partition coefficient (Wildman–Crippen LogP) is -0.162. The molecule has 154 valence electrons. The molecule has 0 fully saturated rings. The van der Waals surface area contributed by atoms with Crippen molar-refractivity contribution < 1.29 is 29.4 Å². The molecule has 28 heavy (non-hydrogen) atoms. The van der Waals surface area contributed by atoms with Crippen molar-refractivity contribution in [2.75, 3.05) is 12.0 Å². The third-order valence-corrected chi connectivity index (χ3v) is 4.52. The fourth-order valence-corrected chi connectivity index (χ4v) is 2.85. The molecule has 0 saturated carbocycles. The molecule has 0 bridgehead atoms. The molecule has 1 aromatic carbocycles. The second-order valence-corrected chi connectivity index (χ2v) is 7.12. The number of thioether (sulfide) groups is 1. The molecule has 0 radical (unpaired) electrons. The molecule has 3 atom stereocenters. The van der Waals surface area contributed by atoms with Gasteiger partial charge < -0.3 is 26.6 Å². The van der Waals surface area contributed by atoms with Gasteiger partial charge in [-0.1, -0.05) is 30.3 Å². The summed E-state index contributed by atoms with van der Waals surface area (Å²) in [5, 5.41) is 23.0. The molecular formula is C18H25N3O6S. The van der Waals surface area contributed by atoms with Gasteiger partial charge in [-0.3, -0.25) is 14.4 Å². The number of amides is 2. The zero-order valence-electron chi connectivity index (χ0n) is 15.5. The number of rotatable bonds is 12. The quantitative estimate of drug-likeness (QED) is 0.317. The monoisotopic (exact) mass is 411 g/mol. The highest BCUT2D eigenvalue weighted by molar-refractivity contribution is 7.98. The highest BCUT2D eigenvalue weighted by atomic mass is 32.2. The lowest BCUT2D eigenvalue weighted by Gasteiger charge is -2.22. The predicted molar refractivity (Wildman–Crippen MR) is 105 cm³/mol. The summed E-state index contributed by atoms with van der Waals surface area (Å²) < 4.78 is 0. The van der Waals surface area contributed by atoms with Gasteiger partial charge in [-0.05, 0) is 24.0 Å². The molecule has 0 aliphatic heterocycles. The molecule has 0 aliphatic carbocycles. The van der Waals surface area contributed by atoms with Crippen molar-refractivity contribution in [1.29, 1.82) is 0 Å². The summed E-state index contributed by atoms with van der Waals surface area (Å²) in [6.07, 6.45) is 1.54. The van der Waals surface area contributed by atoms with E-state index in [0.29, 0.717) is 17.7 Å². The van der Waals surface area contributed by atoms with E-state index in [9.17, 15) is 24.3 Å². The van der Waals surface area contributed by atoms with Gasteiger partial charge in [0.05, 0.1) is 12.5 Å². The van der Waals surface area contributed by atoms with Crippen molar-refractivity contribution in [2.45, 2.75) is 37.4 Å². The largest absolute Gasteiger partial charge is 0.481 e. The van der Waals surface area contributed by atoms with Crippen molar-refractivity contribution >= 4 is 35.5 Å². The van der Waals surface area contributed by atoms with E-state index in [0.717, 1.165) is 0 Å². The van der Waals surface area contributed by atoms with Crippen molar-refractivity contribution in [2.24, 2.45) is 5.73 Å². The Balaban J connectivity index is 2.82. The van der Waals surface area contributed by atoms with E-state index >= 15 is 0 Å². The summed E-state index contributed by atoms with van der Waals surface area (Å²) in [6.45, 7) is 0. The van der Waals surface area contributed by atoms with Gasteiger partial charge in [0.2, 0.25) is 11.8 Å². The number of hydrogen-bond donors (Lipinski definition) is 5. The fourth-order valence-electron chi connectivity index (χ4n) is 2.36. The first kappa shape index (κ1) is 23.4. The summed E-state index contributed by atoms with van der Waals surface area (Å²) >= 11 is 1.50. The minimum absolute atomic E-state index is 0.0168. The third-order valence-electron chi connectivity index (χ3n) is 3.88. The first-order chi connectivity index (χ1) is 13.2. The molecule has 6 N–H and O–H groups in total. The average molecular weight is 411 g/mol. The number of carboxylic acids is 2. The number of aliphatic carboxylic acids is 2. The van der Waals surface area contributed by atoms with Crippen LogP contribution in [0.15, 0.2) is 30.3 Å². The number of nitrogens with two attached hydrogens (primary N) is 1. The van der Waals surface area contributed by atoms with Crippen LogP contribution in [0.2, 0.25) is 0 Å². The first-order valence-corrected chi connectivity index (χ1v) is 9.97. The van der Waals surface area contributed by atoms with Crippen molar-refractivity contribution in [3.8, 4) is 0 Å². The van der Waals surface area contributed by atoms with E-state index < -0.39 is 48.3 Å². The average Bonchev–Trinajstić information content (AvgIpc) is 2.65. The van der Waals surface area contributed by atoms with Gasteiger partial charge in [0, 0.05) is 6.42 Å². The smallest absolute Gasteiger partial charge is 0.326 e. The van der Waals surface area contributed by atoms with Crippen molar-refractivity contribution in [3.63, 3.8) is 0 Å². The van der Waals surface area contributed by atoms with Gasteiger partial charge in [-0.15, -0.1) is 0 Å². The zero-order chi connectivity index (χ0) is 21.1. The topological polar surface area (TPSA) is 159 Å². The normalized spacial score (nSPS) is 13.8. The van der Waals surface area contributed by atoms with Gasteiger partial charge in [-0.25, -0.2) is 4.79 Å². The van der Waals surface area contributed by atoms with E-state index in [1.807, 2.05) is 6.26 Å². The molecule has 1 aromatic rings. The second-order valence-electron chi connectivity index (χ2n) is 6.14. The van der Waals surface area contributed by atoms with E-state index in [1.165, 1.54) is 11.8 Å². The van der Waals surface area contributed by atoms with Crippen LogP contribution in [0.4, 0.5) is 0 Å². The molecule has 0 saturated heterocycles. The lowest BCUT2D eigenvalue weighted by Crippen LogP contribution is -2.55. The highest BCUT2D eigenvalue weighted by Gasteiger charge is 2.29. The molecule has 0 aromatic heterocycles. The number of benzene rings is 1. The van der Waals surface area contributed by atoms with E-state index in [2.05, 4.69) is 10.6 Å². The van der Waals surface area contributed by atoms with Crippen LogP contribution in [0.5, 0.6) is 0 Å². The Bertz CT molecular complexity index is 685. The Hall–Kier alpha value is -2.59. The van der Waals surface area contributed by atoms with E-state index in [1.54, 1.807) is 30.3 Å². The molecular weight excluding hydrogens is 386 g/mol. The van der Waals surface area contributed by atoms with Crippen LogP contribution in [-0.2, 0) is 25.6 Å². The maximum atomic E-state index is 12.5. The number of carbonyl (C=O) groups excluding carboxylic acids is 2. The minimum atomic E-state index is -1.43. The summed E-state index contributed by atoms with van der Waals surface area (Å²) in [7, 11) is 0. The molecule has 10 heteroatoms. The summed E-state index contributed by atoms with van der Waals surface area (Å²) in [5.41, 5.74) is 6.42. The molecule has 0 spiro atoms. The molecule has 0 aliphatic rings. The Morgan fingerprint density at radius 1 is 1.04 bits per heavy atom. The summed E-state index contributed by atoms with van der Waals surface area (Å²) in [6, 6.07) is 5.08. The first-order valence-electron chi connectivity index (χ1n) is 8.58. The Kier molecular flexibility index (Phi) is 10.0. The summed E-state index contributed by atoms with van der Waals surface area (Å²) in [4.78, 5) is 47.1. The van der Waals surface area contributed by atoms with Gasteiger partial charge in [-0.2, -0.15) is 11.8 Å². The number of carboxylic acid groups (broad SMARTS) is 2. The Morgan fingerprint density at radius 3 is 2.18 bits per heavy atom. The molecule has 0 heterocycles. The van der Waals surface area contributed by atoms with E-state index in [4.69, 9.17) is 10.8 Å². The maximum absolute atomic E-state index is 12.5. The number of nitrogens with one attached hydrogen (secondary N) is 2. The van der Waals surface area contributed by atoms with E-state index in [-0.39, 0.29) is 6.42 Å². The van der Waals surface area contributed by atoms with Crippen LogP contribution in [0, 0.1) is 0 Å². The molecule has 1 rings (SSSR count). The van der Waals surface area contributed by atoms with Gasteiger partial charge in [0.1, 0.15) is 12.1 Å². The second kappa shape index (κ2) is 12.0. The van der Waals surface area contributed by atoms with Crippen LogP contribution < -0.4 is 16.4 Å². The van der Waals surface area contributed by atoms with Crippen LogP contribution in [0.1, 0.15) is 18.4 Å². The lowest BCUT2D eigenvalue weighted by molar-refractivity contribution is -0.143. The van der Waals surface area contributed by atoms with Crippen molar-refractivity contribution in [1.82, 2.24) is 10.6 Å². The third kappa shape index (κ3) is 8.40. The highest BCUT2D eigenvalue weighted by Crippen LogP contribution is 2.05. The fraction of sp³-hybridized carbons (Fsp3) is 0.444. The molecule has 3 unspecified atom stereocenters. The number of carbonyl (C=O) groups is 4. The Morgan fingerprint density at radius 2 is 1.64 bits per heavy atom. The van der Waals surface area contributed by atoms with Crippen LogP contribution >= 0.6 is 11.8 Å². The van der Waals surface area contributed by atoms with Crippen molar-refractivity contribution in [3.05, 3.63) is 35.9 Å². The van der Waals surface area contributed by atoms with Gasteiger partial charge >= 0.3 is 11.9 Å². The van der Waals surface area contributed by atoms with Crippen LogP contribution in [0.25, 0.3) is 0 Å². The standard InChI is InChI=1S/C18H25N3O6S/c1-28-8-7-12(19)16(24)20-13(10-15(22)23)17(25)21-14(18(26)27)9-11-5-3-2-4-6-11/h2-6,12-14H,7-10,19H2,1H3,(H,20,24)(H,21,25)(H,22,23)(H,26,27). The maximum Gasteiger partial charge on any atom is 0.326 e. The number of hydrogen-bond acceptors (Lipinski definition) is 6. The van der Waals surface area contributed by atoms with Crippen LogP contribution in [0.3, 0.4) is 0 Å². The molecule has 9 nitrogen and oxygen atoms in total.